The number of carbonyl (C=O) groups is 1. The lowest BCUT2D eigenvalue weighted by Crippen LogP contribution is -2.47. The molecule has 23 heteroatoms. The summed E-state index contributed by atoms with van der Waals surface area (Å²) in [5, 5.41) is 20.7. The molecule has 6 heterocycles. The van der Waals surface area contributed by atoms with Gasteiger partial charge >= 0.3 is 18.4 Å². The number of morpholine rings is 2. The number of ether oxygens (including phenoxy) is 3. The van der Waals surface area contributed by atoms with Crippen molar-refractivity contribution in [3.8, 4) is 5.75 Å². The van der Waals surface area contributed by atoms with Crippen molar-refractivity contribution in [1.82, 2.24) is 19.9 Å². The Morgan fingerprint density at radius 2 is 1.23 bits per heavy atom. The predicted molar refractivity (Wildman–Crippen MR) is 248 cm³/mol. The van der Waals surface area contributed by atoms with E-state index < -0.39 is 46.6 Å². The molecule has 4 atom stereocenters. The van der Waals surface area contributed by atoms with E-state index in [0.717, 1.165) is 54.8 Å². The van der Waals surface area contributed by atoms with Gasteiger partial charge in [-0.25, -0.2) is 24.7 Å². The standard InChI is InChI=1S/C27H27F3N6O5.C20H24F3N5O/c1-2-18-14-23(33-25-31-15-20(16-32-25)34-9-11-40-12-10-34)22-13-17(27(28,29)30)3-8-24(22)35(18)26(37)41-21-6-4-19(5-7-21)36(38)39;1-2-14-10-18(16-9-13(20(21,22)23)3-4-17(16)26-14)27-19-24-11-15(12-25-19)28-5-7-29-8-6-28/h3-8,13,15-16,18,23H,2,9-12,14H2,1H3,(H,31,32,33);3-4,9,11-12,14,18,26H,2,5-8,10H2,1H3,(H,24,25,27)/t18-,23+;14-,18+/m11/s1. The van der Waals surface area contributed by atoms with Crippen LogP contribution in [0, 0.1) is 10.1 Å². The van der Waals surface area contributed by atoms with Gasteiger partial charge in [0.25, 0.3) is 5.69 Å². The number of nitro benzene ring substituents is 1. The Kier molecular flexibility index (Phi) is 15.1. The molecule has 372 valence electrons. The monoisotopic (exact) mass is 979 g/mol. The summed E-state index contributed by atoms with van der Waals surface area (Å²) in [6, 6.07) is 10.8. The van der Waals surface area contributed by atoms with Gasteiger partial charge in [0.15, 0.2) is 0 Å². The average Bonchev–Trinajstić information content (AvgIpc) is 3.36. The lowest BCUT2D eigenvalue weighted by molar-refractivity contribution is -0.384. The van der Waals surface area contributed by atoms with E-state index in [1.165, 1.54) is 47.4 Å². The highest BCUT2D eigenvalue weighted by molar-refractivity contribution is 5.92. The fraction of sp³-hybridized carbons (Fsp3) is 0.426. The number of hydrogen-bond acceptors (Lipinski definition) is 15. The molecule has 2 aromatic heterocycles. The van der Waals surface area contributed by atoms with Gasteiger partial charge in [0.2, 0.25) is 11.9 Å². The molecule has 3 N–H and O–H groups in total. The molecule has 4 aliphatic heterocycles. The van der Waals surface area contributed by atoms with Gasteiger partial charge < -0.3 is 40.0 Å². The van der Waals surface area contributed by atoms with Crippen LogP contribution in [0.4, 0.5) is 71.5 Å². The normalized spacial score (nSPS) is 20.2. The van der Waals surface area contributed by atoms with E-state index in [1.807, 2.05) is 6.92 Å². The fourth-order valence-electron chi connectivity index (χ4n) is 8.78. The summed E-state index contributed by atoms with van der Waals surface area (Å²) in [6.07, 6.45) is -0.731. The molecule has 0 saturated carbocycles. The Morgan fingerprint density at radius 1 is 0.729 bits per heavy atom. The second-order valence-electron chi connectivity index (χ2n) is 17.0. The number of benzene rings is 3. The zero-order chi connectivity index (χ0) is 49.6. The molecule has 2 fully saturated rings. The van der Waals surface area contributed by atoms with Crippen molar-refractivity contribution < 1.29 is 50.3 Å². The largest absolute Gasteiger partial charge is 0.420 e. The Labute approximate surface area is 398 Å². The molecule has 0 spiro atoms. The number of amides is 1. The molecule has 2 saturated heterocycles. The Bertz CT molecular complexity index is 2580. The smallest absolute Gasteiger partial charge is 0.410 e. The molecule has 0 bridgehead atoms. The van der Waals surface area contributed by atoms with Crippen LogP contribution in [0.25, 0.3) is 0 Å². The van der Waals surface area contributed by atoms with Gasteiger partial charge in [0, 0.05) is 56.1 Å². The number of anilines is 6. The van der Waals surface area contributed by atoms with Gasteiger partial charge in [-0.05, 0) is 85.3 Å². The molecule has 1 amide bonds. The van der Waals surface area contributed by atoms with E-state index in [2.05, 4.69) is 52.6 Å². The third kappa shape index (κ3) is 11.7. The van der Waals surface area contributed by atoms with Crippen LogP contribution in [0.5, 0.6) is 5.75 Å². The van der Waals surface area contributed by atoms with Gasteiger partial charge in [-0.15, -0.1) is 0 Å². The summed E-state index contributed by atoms with van der Waals surface area (Å²) in [7, 11) is 0. The summed E-state index contributed by atoms with van der Waals surface area (Å²) >= 11 is 0. The minimum Gasteiger partial charge on any atom is -0.410 e. The van der Waals surface area contributed by atoms with Crippen LogP contribution in [-0.2, 0) is 21.8 Å². The average molecular weight is 980 g/mol. The van der Waals surface area contributed by atoms with Crippen LogP contribution in [0.3, 0.4) is 0 Å². The lowest BCUT2D eigenvalue weighted by atomic mass is 9.89. The van der Waals surface area contributed by atoms with Crippen LogP contribution < -0.4 is 35.4 Å². The molecule has 9 rings (SSSR count). The van der Waals surface area contributed by atoms with Crippen LogP contribution in [0.2, 0.25) is 0 Å². The first-order valence-electron chi connectivity index (χ1n) is 22.8. The highest BCUT2D eigenvalue weighted by Crippen LogP contribution is 2.44. The number of nitrogens with one attached hydrogen (secondary N) is 3. The van der Waals surface area contributed by atoms with E-state index in [4.69, 9.17) is 14.2 Å². The van der Waals surface area contributed by atoms with Crippen molar-refractivity contribution in [2.75, 3.05) is 83.3 Å². The molecule has 0 unspecified atom stereocenters. The third-order valence-electron chi connectivity index (χ3n) is 12.5. The first-order valence-corrected chi connectivity index (χ1v) is 22.8. The molecular formula is C47H51F6N11O6. The molecule has 3 aromatic carbocycles. The van der Waals surface area contributed by atoms with E-state index >= 15 is 0 Å². The number of nitrogens with zero attached hydrogens (tertiary/aromatic N) is 8. The van der Waals surface area contributed by atoms with Crippen molar-refractivity contribution in [1.29, 1.82) is 0 Å². The molecule has 5 aromatic rings. The van der Waals surface area contributed by atoms with Crippen molar-refractivity contribution >= 4 is 46.4 Å². The summed E-state index contributed by atoms with van der Waals surface area (Å²) in [5.41, 5.74) is 1.85. The molecule has 70 heavy (non-hydrogen) atoms. The number of halogens is 6. The highest BCUT2D eigenvalue weighted by Gasteiger charge is 2.40. The quantitative estimate of drug-likeness (QED) is 0.0682. The van der Waals surface area contributed by atoms with E-state index in [9.17, 15) is 41.3 Å². The lowest BCUT2D eigenvalue weighted by Gasteiger charge is -2.40. The maximum atomic E-state index is 13.7. The van der Waals surface area contributed by atoms with Crippen molar-refractivity contribution in [2.45, 2.75) is 76.1 Å². The highest BCUT2D eigenvalue weighted by atomic mass is 19.4. The summed E-state index contributed by atoms with van der Waals surface area (Å²) in [5.74, 6) is 0.720. The van der Waals surface area contributed by atoms with E-state index in [-0.39, 0.29) is 47.1 Å². The number of fused-ring (bicyclic) bond motifs is 2. The second-order valence-corrected chi connectivity index (χ2v) is 17.0. The van der Waals surface area contributed by atoms with Gasteiger partial charge in [-0.3, -0.25) is 15.0 Å². The number of alkyl halides is 6. The first kappa shape index (κ1) is 49.4. The molecular weight excluding hydrogens is 929 g/mol. The van der Waals surface area contributed by atoms with E-state index in [1.54, 1.807) is 24.8 Å². The minimum absolute atomic E-state index is 0.0675. The van der Waals surface area contributed by atoms with Gasteiger partial charge in [0.1, 0.15) is 5.75 Å². The zero-order valence-electron chi connectivity index (χ0n) is 38.2. The maximum Gasteiger partial charge on any atom is 0.420 e. The SMILES string of the molecule is CC[C@@H]1C[C@H](Nc2ncc(N3CCOCC3)cn2)c2cc(C(F)(F)F)ccc2N1.CC[C@@H]1C[C@H](Nc2ncc(N3CCOCC3)cn2)c2cc(C(F)(F)F)ccc2N1C(=O)Oc1ccc([N+](=O)[O-])cc1. The predicted octanol–water partition coefficient (Wildman–Crippen LogP) is 9.66. The number of hydrogen-bond donors (Lipinski definition) is 3. The molecule has 0 aliphatic carbocycles. The Hall–Kier alpha value is -7.01. The number of carbonyl (C=O) groups excluding carboxylic acids is 1. The second kappa shape index (κ2) is 21.3. The van der Waals surface area contributed by atoms with Crippen LogP contribution in [-0.4, -0.2) is 95.6 Å². The van der Waals surface area contributed by atoms with Gasteiger partial charge in [-0.1, -0.05) is 13.8 Å². The van der Waals surface area contributed by atoms with Crippen LogP contribution in [0.15, 0.2) is 85.5 Å². The zero-order valence-corrected chi connectivity index (χ0v) is 38.2. The maximum absolute atomic E-state index is 13.7. The summed E-state index contributed by atoms with van der Waals surface area (Å²) in [6.45, 7) is 9.44. The van der Waals surface area contributed by atoms with Crippen molar-refractivity contribution in [3.05, 3.63) is 118 Å². The molecule has 17 nitrogen and oxygen atoms in total. The van der Waals surface area contributed by atoms with Crippen molar-refractivity contribution in [2.24, 2.45) is 0 Å². The number of non-ortho nitro benzene ring substituents is 1. The van der Waals surface area contributed by atoms with Crippen molar-refractivity contribution in [3.63, 3.8) is 0 Å². The third-order valence-corrected chi connectivity index (χ3v) is 12.5. The van der Waals surface area contributed by atoms with E-state index in [0.29, 0.717) is 63.9 Å². The Balaban J connectivity index is 0.000000200. The first-order chi connectivity index (χ1) is 33.6. The summed E-state index contributed by atoms with van der Waals surface area (Å²) < 4.78 is 96.9. The molecule has 4 aliphatic rings. The number of aromatic nitrogens is 4. The molecule has 0 radical (unpaired) electrons. The minimum atomic E-state index is -4.60. The number of rotatable bonds is 10. The Morgan fingerprint density at radius 3 is 1.71 bits per heavy atom. The number of nitro groups is 1. The van der Waals surface area contributed by atoms with Crippen LogP contribution >= 0.6 is 0 Å². The van der Waals surface area contributed by atoms with Crippen LogP contribution in [0.1, 0.15) is 73.9 Å². The summed E-state index contributed by atoms with van der Waals surface area (Å²) in [4.78, 5) is 46.8. The van der Waals surface area contributed by atoms with Gasteiger partial charge in [0.05, 0.1) is 96.4 Å². The van der Waals surface area contributed by atoms with Gasteiger partial charge in [-0.2, -0.15) is 26.3 Å². The topological polar surface area (TPSA) is 185 Å². The fourth-order valence-corrected chi connectivity index (χ4v) is 8.78.